The minimum absolute atomic E-state index is 0.610. The summed E-state index contributed by atoms with van der Waals surface area (Å²) in [7, 11) is 0. The largest absolute Gasteiger partial charge is 0.298 e. The Morgan fingerprint density at radius 3 is 2.38 bits per heavy atom. The Hall–Kier alpha value is -1.33. The van der Waals surface area contributed by atoms with Crippen LogP contribution in [0.25, 0.3) is 0 Å². The summed E-state index contributed by atoms with van der Waals surface area (Å²) in [5.74, 6) is 0. The summed E-state index contributed by atoms with van der Waals surface area (Å²) in [5.41, 5.74) is 4.09. The Balaban J connectivity index is 2.74. The van der Waals surface area contributed by atoms with Gasteiger partial charge in [0.05, 0.1) is 6.07 Å². The number of aryl methyl sites for hydroxylation is 2. The summed E-state index contributed by atoms with van der Waals surface area (Å²) >= 11 is 0. The number of nitrogens with zero attached hydrogens (tertiary/aromatic N) is 2. The molecule has 0 fully saturated rings. The summed E-state index contributed by atoms with van der Waals surface area (Å²) in [6.45, 7) is 9.26. The average Bonchev–Trinajstić information content (AvgIpc) is 2.28. The maximum Gasteiger partial charge on any atom is 0.0635 e. The number of nitriles is 1. The summed E-state index contributed by atoms with van der Waals surface area (Å²) < 4.78 is 0. The van der Waals surface area contributed by atoms with Gasteiger partial charge >= 0.3 is 0 Å². The lowest BCUT2D eigenvalue weighted by Crippen LogP contribution is -2.24. The second-order valence-corrected chi connectivity index (χ2v) is 4.15. The number of hydrogen-bond donors (Lipinski definition) is 0. The van der Waals surface area contributed by atoms with Crippen LogP contribution in [0.4, 0.5) is 0 Å². The zero-order valence-electron chi connectivity index (χ0n) is 10.5. The molecule has 0 saturated carbocycles. The molecule has 0 N–H and O–H groups in total. The van der Waals surface area contributed by atoms with E-state index < -0.39 is 0 Å². The average molecular weight is 216 g/mol. The van der Waals surface area contributed by atoms with Crippen LogP contribution in [0.2, 0.25) is 0 Å². The first-order chi connectivity index (χ1) is 7.69. The van der Waals surface area contributed by atoms with E-state index in [1.165, 1.54) is 16.7 Å². The van der Waals surface area contributed by atoms with Crippen molar-refractivity contribution in [1.82, 2.24) is 4.90 Å². The van der Waals surface area contributed by atoms with Gasteiger partial charge in [-0.2, -0.15) is 5.26 Å². The van der Waals surface area contributed by atoms with E-state index in [4.69, 9.17) is 5.26 Å². The van der Waals surface area contributed by atoms with Crippen LogP contribution < -0.4 is 0 Å². The van der Waals surface area contributed by atoms with E-state index in [0.29, 0.717) is 6.42 Å². The van der Waals surface area contributed by atoms with Crippen molar-refractivity contribution in [2.75, 3.05) is 13.1 Å². The highest BCUT2D eigenvalue weighted by molar-refractivity contribution is 5.33. The van der Waals surface area contributed by atoms with Crippen LogP contribution in [0.5, 0.6) is 0 Å². The molecule has 1 aromatic carbocycles. The van der Waals surface area contributed by atoms with Crippen molar-refractivity contribution in [3.8, 4) is 6.07 Å². The maximum atomic E-state index is 8.61. The third-order valence-corrected chi connectivity index (χ3v) is 3.01. The highest BCUT2D eigenvalue weighted by Crippen LogP contribution is 2.15. The predicted octanol–water partition coefficient (Wildman–Crippen LogP) is 3.04. The van der Waals surface area contributed by atoms with Crippen LogP contribution in [0, 0.1) is 25.2 Å². The minimum atomic E-state index is 0.610. The van der Waals surface area contributed by atoms with E-state index in [9.17, 15) is 0 Å². The third-order valence-electron chi connectivity index (χ3n) is 3.01. The lowest BCUT2D eigenvalue weighted by Gasteiger charge is -2.21. The van der Waals surface area contributed by atoms with Crippen molar-refractivity contribution in [2.45, 2.75) is 33.7 Å². The monoisotopic (exact) mass is 216 g/mol. The zero-order valence-corrected chi connectivity index (χ0v) is 10.5. The molecule has 0 aliphatic heterocycles. The molecule has 0 spiro atoms. The molecule has 0 unspecified atom stereocenters. The molecule has 0 atom stereocenters. The topological polar surface area (TPSA) is 27.0 Å². The molecule has 0 amide bonds. The molecule has 0 radical (unpaired) electrons. The van der Waals surface area contributed by atoms with Crippen molar-refractivity contribution in [2.24, 2.45) is 0 Å². The molecular formula is C14H20N2. The van der Waals surface area contributed by atoms with Crippen LogP contribution in [-0.2, 0) is 6.54 Å². The van der Waals surface area contributed by atoms with Crippen LogP contribution in [0.1, 0.15) is 30.0 Å². The highest BCUT2D eigenvalue weighted by atomic mass is 15.1. The fraction of sp³-hybridized carbons (Fsp3) is 0.500. The van der Waals surface area contributed by atoms with E-state index in [0.717, 1.165) is 19.6 Å². The second kappa shape index (κ2) is 6.30. The molecule has 0 bridgehead atoms. The summed E-state index contributed by atoms with van der Waals surface area (Å²) in [4.78, 5) is 2.32. The fourth-order valence-corrected chi connectivity index (χ4v) is 1.88. The van der Waals surface area contributed by atoms with Crippen LogP contribution in [0.15, 0.2) is 18.2 Å². The van der Waals surface area contributed by atoms with Crippen LogP contribution >= 0.6 is 0 Å². The summed E-state index contributed by atoms with van der Waals surface area (Å²) in [6, 6.07) is 8.61. The standard InChI is InChI=1S/C14H20N2/c1-4-16(10-6-9-15)11-14-12(2)7-5-8-13(14)3/h5,7-8H,4,6,10-11H2,1-3H3. The van der Waals surface area contributed by atoms with Gasteiger partial charge in [-0.3, -0.25) is 4.90 Å². The molecule has 0 aromatic heterocycles. The number of rotatable bonds is 5. The zero-order chi connectivity index (χ0) is 12.0. The first kappa shape index (κ1) is 12.7. The molecular weight excluding hydrogens is 196 g/mol. The normalized spacial score (nSPS) is 10.4. The molecule has 2 nitrogen and oxygen atoms in total. The first-order valence-corrected chi connectivity index (χ1v) is 5.83. The quantitative estimate of drug-likeness (QED) is 0.756. The third kappa shape index (κ3) is 3.36. The number of benzene rings is 1. The van der Waals surface area contributed by atoms with Gasteiger partial charge in [-0.25, -0.2) is 0 Å². The Morgan fingerprint density at radius 2 is 1.88 bits per heavy atom. The van der Waals surface area contributed by atoms with Gasteiger partial charge in [0.15, 0.2) is 0 Å². The lowest BCUT2D eigenvalue weighted by atomic mass is 10.0. The molecule has 0 aliphatic rings. The molecule has 0 saturated heterocycles. The molecule has 0 heterocycles. The van der Waals surface area contributed by atoms with Crippen molar-refractivity contribution in [3.63, 3.8) is 0 Å². The van der Waals surface area contributed by atoms with E-state index in [1.807, 2.05) is 0 Å². The fourth-order valence-electron chi connectivity index (χ4n) is 1.88. The van der Waals surface area contributed by atoms with E-state index >= 15 is 0 Å². The van der Waals surface area contributed by atoms with Gasteiger partial charge in [0, 0.05) is 19.5 Å². The van der Waals surface area contributed by atoms with Gasteiger partial charge in [-0.15, -0.1) is 0 Å². The van der Waals surface area contributed by atoms with Gasteiger partial charge < -0.3 is 0 Å². The second-order valence-electron chi connectivity index (χ2n) is 4.15. The SMILES string of the molecule is CCN(CCC#N)Cc1c(C)cccc1C. The van der Waals surface area contributed by atoms with E-state index in [2.05, 4.69) is 49.9 Å². The predicted molar refractivity (Wildman–Crippen MR) is 67.1 cm³/mol. The molecule has 16 heavy (non-hydrogen) atoms. The van der Waals surface area contributed by atoms with Gasteiger partial charge in [0.2, 0.25) is 0 Å². The highest BCUT2D eigenvalue weighted by Gasteiger charge is 2.07. The van der Waals surface area contributed by atoms with Crippen LogP contribution in [0.3, 0.4) is 0 Å². The molecule has 1 aromatic rings. The van der Waals surface area contributed by atoms with Gasteiger partial charge in [0.1, 0.15) is 0 Å². The van der Waals surface area contributed by atoms with E-state index in [-0.39, 0.29) is 0 Å². The Kier molecular flexibility index (Phi) is 5.01. The smallest absolute Gasteiger partial charge is 0.0635 e. The minimum Gasteiger partial charge on any atom is -0.298 e. The van der Waals surface area contributed by atoms with Crippen molar-refractivity contribution < 1.29 is 0 Å². The van der Waals surface area contributed by atoms with Gasteiger partial charge in [-0.1, -0.05) is 25.1 Å². The molecule has 1 rings (SSSR count). The number of hydrogen-bond acceptors (Lipinski definition) is 2. The lowest BCUT2D eigenvalue weighted by molar-refractivity contribution is 0.285. The summed E-state index contributed by atoms with van der Waals surface area (Å²) in [6.07, 6.45) is 0.610. The van der Waals surface area contributed by atoms with E-state index in [1.54, 1.807) is 0 Å². The molecule has 86 valence electrons. The van der Waals surface area contributed by atoms with Crippen molar-refractivity contribution in [3.05, 3.63) is 34.9 Å². The summed E-state index contributed by atoms with van der Waals surface area (Å²) in [5, 5.41) is 8.61. The van der Waals surface area contributed by atoms with Gasteiger partial charge in [-0.05, 0) is 37.1 Å². The maximum absolute atomic E-state index is 8.61. The molecule has 2 heteroatoms. The van der Waals surface area contributed by atoms with Crippen molar-refractivity contribution >= 4 is 0 Å². The first-order valence-electron chi connectivity index (χ1n) is 5.83. The Bertz CT molecular complexity index is 357. The van der Waals surface area contributed by atoms with Gasteiger partial charge in [0.25, 0.3) is 0 Å². The van der Waals surface area contributed by atoms with Crippen LogP contribution in [-0.4, -0.2) is 18.0 Å². The Morgan fingerprint density at radius 1 is 1.25 bits per heavy atom. The van der Waals surface area contributed by atoms with Crippen molar-refractivity contribution in [1.29, 1.82) is 5.26 Å². The Labute approximate surface area is 98.5 Å². The molecule has 0 aliphatic carbocycles.